The van der Waals surface area contributed by atoms with E-state index >= 15 is 0 Å². The number of amides is 7. The highest BCUT2D eigenvalue weighted by molar-refractivity contribution is 7.09. The Morgan fingerprint density at radius 1 is 0.872 bits per heavy atom. The van der Waals surface area contributed by atoms with E-state index in [2.05, 4.69) is 31.2 Å². The van der Waals surface area contributed by atoms with Gasteiger partial charge in [0.1, 0.15) is 22.8 Å². The molecule has 3 heterocycles. The van der Waals surface area contributed by atoms with Gasteiger partial charge in [-0.2, -0.15) is 0 Å². The molecule has 1 aromatic carbocycles. The Morgan fingerprint density at radius 3 is 2.09 bits per heavy atom. The second-order valence-electron chi connectivity index (χ2n) is 22.1. The second kappa shape index (κ2) is 29.6. The number of anilines is 1. The van der Waals surface area contributed by atoms with Crippen LogP contribution in [0.15, 0.2) is 41.8 Å². The van der Waals surface area contributed by atoms with Gasteiger partial charge < -0.3 is 36.0 Å². The molecule has 2 aromatic rings. The van der Waals surface area contributed by atoms with Gasteiger partial charge in [-0.05, 0) is 101 Å². The molecular weight excluding hydrogens is 1020 g/mol. The molecule has 0 bridgehead atoms. The fraction of sp³-hybridized carbons (Fsp3) is 0.632. The maximum atomic E-state index is 14.5. The van der Waals surface area contributed by atoms with Crippen LogP contribution in [0.2, 0.25) is 0 Å². The van der Waals surface area contributed by atoms with Crippen molar-refractivity contribution in [1.29, 1.82) is 0 Å². The molecule has 9 atom stereocenters. The molecule has 21 heteroatoms. The van der Waals surface area contributed by atoms with Gasteiger partial charge in [-0.1, -0.05) is 73.4 Å². The maximum absolute atomic E-state index is 14.5. The number of ether oxygens (including phenoxy) is 1. The first kappa shape index (κ1) is 64.2. The molecule has 4 rings (SSSR count). The van der Waals surface area contributed by atoms with Crippen molar-refractivity contribution in [3.63, 3.8) is 0 Å². The van der Waals surface area contributed by atoms with Crippen LogP contribution in [0.4, 0.5) is 5.69 Å². The summed E-state index contributed by atoms with van der Waals surface area (Å²) >= 11 is 1.12. The third-order valence-electron chi connectivity index (χ3n) is 15.4. The number of thiazole rings is 1. The van der Waals surface area contributed by atoms with Gasteiger partial charge in [0.2, 0.25) is 23.6 Å². The number of carbonyl (C=O) groups excluding carboxylic acids is 9. The number of likely N-dealkylation sites (N-methyl/N-ethyl adjacent to an activating group) is 1. The summed E-state index contributed by atoms with van der Waals surface area (Å²) in [5.41, 5.74) is 0.533. The molecule has 1 fully saturated rings. The SMILES string of the molecule is CC[C@H](C)[C@H](CC(=O)[C@@]1(C)CCCN1C)C(=O)N(C)[C@H](C[C@@H](OC(C)=O)c1nc(C(=O)N[C@@H](Cc2ccc(NC(=O)[C@H](C)NC(=O)[C@@H](NC(=O)CCCCCN3C(=O)C=CC3=O)C(C)C)cc2)C[C@H](C)C(=O)O)cs1)C(C)C. The normalized spacial score (nSPS) is 18.6. The number of imide groups is 1. The highest BCUT2D eigenvalue weighted by Gasteiger charge is 2.44. The molecule has 1 saturated heterocycles. The molecule has 0 unspecified atom stereocenters. The second-order valence-corrected chi connectivity index (χ2v) is 23.0. The van der Waals surface area contributed by atoms with Crippen LogP contribution in [0, 0.1) is 29.6 Å². The minimum atomic E-state index is -1.05. The van der Waals surface area contributed by atoms with E-state index < -0.39 is 77.3 Å². The largest absolute Gasteiger partial charge is 0.481 e. The molecule has 0 radical (unpaired) electrons. The van der Waals surface area contributed by atoms with E-state index in [0.29, 0.717) is 41.9 Å². The number of likely N-dealkylation sites (tertiary alicyclic amines) is 1. The molecule has 0 aliphatic carbocycles. The lowest BCUT2D eigenvalue weighted by molar-refractivity contribution is -0.150. The van der Waals surface area contributed by atoms with Gasteiger partial charge in [0.25, 0.3) is 17.7 Å². The molecule has 1 aromatic heterocycles. The maximum Gasteiger partial charge on any atom is 0.306 e. The van der Waals surface area contributed by atoms with Gasteiger partial charge >= 0.3 is 11.9 Å². The number of nitrogens with one attached hydrogen (secondary N) is 4. The summed E-state index contributed by atoms with van der Waals surface area (Å²) < 4.78 is 5.83. The van der Waals surface area contributed by atoms with Crippen molar-refractivity contribution in [2.45, 2.75) is 176 Å². The Balaban J connectivity index is 1.38. The van der Waals surface area contributed by atoms with E-state index in [4.69, 9.17) is 4.74 Å². The molecule has 2 aliphatic rings. The number of carboxylic acids is 1. The predicted octanol–water partition coefficient (Wildman–Crippen LogP) is 6.25. The number of Topliss-reactive ketones (excluding diaryl/α,β-unsaturated/α-hetero) is 1. The van der Waals surface area contributed by atoms with E-state index in [1.165, 1.54) is 26.0 Å². The average molecular weight is 1110 g/mol. The standard InChI is InChI=1S/C57H84N8O12S/c1-13-35(6)42(30-46(67)57(10)25-17-26-63(57)11)55(74)64(12)44(33(2)3)31-45(77-38(9)66)54-61-43(32-78-54)52(72)60-41(28-36(7)56(75)76)29-39-19-21-40(22-20-39)59-51(71)37(8)58-53(73)50(34(4)5)62-47(68)18-15-14-16-27-65-48(69)23-24-49(65)70/h19-24,32-37,41-42,44-45,50H,13-18,25-31H2,1-12H3,(H,58,73)(H,59,71)(H,60,72)(H,62,68)(H,75,76)/t35-,36-,37-,41+,42-,44+,45+,50-,57+/m0/s1. The average Bonchev–Trinajstić information content (AvgIpc) is 4.13. The molecule has 5 N–H and O–H groups in total. The highest BCUT2D eigenvalue weighted by atomic mass is 32.1. The van der Waals surface area contributed by atoms with Gasteiger partial charge in [0.05, 0.1) is 11.5 Å². The third-order valence-corrected chi connectivity index (χ3v) is 16.3. The van der Waals surface area contributed by atoms with Gasteiger partial charge in [-0.25, -0.2) is 4.98 Å². The summed E-state index contributed by atoms with van der Waals surface area (Å²) in [5, 5.41) is 22.9. The Morgan fingerprint density at radius 2 is 1.53 bits per heavy atom. The van der Waals surface area contributed by atoms with Crippen molar-refractivity contribution in [3.8, 4) is 0 Å². The van der Waals surface area contributed by atoms with Crippen LogP contribution in [0.1, 0.15) is 161 Å². The molecule has 0 saturated carbocycles. The Bertz CT molecular complexity index is 2480. The van der Waals surface area contributed by atoms with Crippen LogP contribution in [0.3, 0.4) is 0 Å². The molecule has 430 valence electrons. The van der Waals surface area contributed by atoms with Gasteiger partial charge in [-0.15, -0.1) is 11.3 Å². The zero-order chi connectivity index (χ0) is 58.2. The minimum Gasteiger partial charge on any atom is -0.481 e. The zero-order valence-corrected chi connectivity index (χ0v) is 48.5. The number of hydrogen-bond acceptors (Lipinski definition) is 14. The summed E-state index contributed by atoms with van der Waals surface area (Å²) in [6, 6.07) is 3.73. The lowest BCUT2D eigenvalue weighted by Crippen LogP contribution is -2.53. The number of rotatable bonds is 31. The minimum absolute atomic E-state index is 0.0329. The number of nitrogens with zero attached hydrogens (tertiary/aromatic N) is 4. The number of hydrogen-bond donors (Lipinski definition) is 5. The van der Waals surface area contributed by atoms with Crippen LogP contribution in [0.25, 0.3) is 0 Å². The first-order chi connectivity index (χ1) is 36.7. The zero-order valence-electron chi connectivity index (χ0n) is 47.6. The van der Waals surface area contributed by atoms with E-state index in [9.17, 15) is 53.1 Å². The lowest BCUT2D eigenvalue weighted by atomic mass is 9.80. The quantitative estimate of drug-likeness (QED) is 0.0318. The molecule has 20 nitrogen and oxygen atoms in total. The number of aromatic nitrogens is 1. The van der Waals surface area contributed by atoms with Crippen molar-refractivity contribution in [1.82, 2.24) is 35.6 Å². The Kier molecular flexibility index (Phi) is 24.3. The topological polar surface area (TPSA) is 271 Å². The number of benzene rings is 1. The number of carboxylic acid groups (broad SMARTS) is 1. The van der Waals surface area contributed by atoms with E-state index in [0.717, 1.165) is 35.6 Å². The van der Waals surface area contributed by atoms with Crippen LogP contribution in [-0.4, -0.2) is 141 Å². The van der Waals surface area contributed by atoms with Crippen LogP contribution in [-0.2, 0) is 54.3 Å². The molecule has 2 aliphatic heterocycles. The summed E-state index contributed by atoms with van der Waals surface area (Å²) in [4.78, 5) is 139. The molecule has 78 heavy (non-hydrogen) atoms. The van der Waals surface area contributed by atoms with Gasteiger partial charge in [-0.3, -0.25) is 57.7 Å². The molecule has 7 amide bonds. The Hall–Kier alpha value is -6.35. The predicted molar refractivity (Wildman–Crippen MR) is 296 cm³/mol. The monoisotopic (exact) mass is 1100 g/mol. The van der Waals surface area contributed by atoms with Crippen LogP contribution < -0.4 is 21.3 Å². The number of carbonyl (C=O) groups is 10. The number of aliphatic carboxylic acids is 1. The lowest BCUT2D eigenvalue weighted by Gasteiger charge is -2.38. The summed E-state index contributed by atoms with van der Waals surface area (Å²) in [6.45, 7) is 18.9. The highest BCUT2D eigenvalue weighted by Crippen LogP contribution is 2.35. The smallest absolute Gasteiger partial charge is 0.306 e. The van der Waals surface area contributed by atoms with Crippen molar-refractivity contribution >= 4 is 76.1 Å². The van der Waals surface area contributed by atoms with Crippen LogP contribution in [0.5, 0.6) is 0 Å². The number of esters is 1. The van der Waals surface area contributed by atoms with Crippen molar-refractivity contribution in [2.24, 2.45) is 29.6 Å². The Labute approximate surface area is 463 Å². The summed E-state index contributed by atoms with van der Waals surface area (Å²) in [5.74, 6) is -6.26. The van der Waals surface area contributed by atoms with Crippen LogP contribution >= 0.6 is 11.3 Å². The number of ketones is 1. The first-order valence-electron chi connectivity index (χ1n) is 27.4. The van der Waals surface area contributed by atoms with Gasteiger partial charge in [0, 0.05) is 81.0 Å². The van der Waals surface area contributed by atoms with Crippen molar-refractivity contribution in [2.75, 3.05) is 32.5 Å². The number of unbranched alkanes of at least 4 members (excludes halogenated alkanes) is 2. The van der Waals surface area contributed by atoms with Crippen molar-refractivity contribution in [3.05, 3.63) is 58.1 Å². The fourth-order valence-electron chi connectivity index (χ4n) is 9.92. The van der Waals surface area contributed by atoms with E-state index in [-0.39, 0.29) is 91.5 Å². The third kappa shape index (κ3) is 18.1. The van der Waals surface area contributed by atoms with E-state index in [1.54, 1.807) is 62.4 Å². The first-order valence-corrected chi connectivity index (χ1v) is 28.3. The molecular formula is C57H84N8O12S. The van der Waals surface area contributed by atoms with Crippen molar-refractivity contribution < 1.29 is 57.8 Å². The fourth-order valence-corrected chi connectivity index (χ4v) is 10.8. The van der Waals surface area contributed by atoms with Gasteiger partial charge in [0.15, 0.2) is 11.9 Å². The van der Waals surface area contributed by atoms with E-state index in [1.807, 2.05) is 41.7 Å². The molecule has 0 spiro atoms. The summed E-state index contributed by atoms with van der Waals surface area (Å²) in [7, 11) is 3.67. The summed E-state index contributed by atoms with van der Waals surface area (Å²) in [6.07, 6.45) is 6.22.